The summed E-state index contributed by atoms with van der Waals surface area (Å²) >= 11 is 0. The number of hydrogen-bond donors (Lipinski definition) is 1. The number of ether oxygens (including phenoxy) is 2. The third-order valence-corrected chi connectivity index (χ3v) is 2.73. The summed E-state index contributed by atoms with van der Waals surface area (Å²) in [7, 11) is 0. The minimum absolute atomic E-state index is 0.00185. The first-order chi connectivity index (χ1) is 8.33. The minimum atomic E-state index is 0.00185. The molecule has 1 heterocycles. The second kappa shape index (κ2) is 4.08. The predicted molar refractivity (Wildman–Crippen MR) is 61.0 cm³/mol. The van der Waals surface area contributed by atoms with Gasteiger partial charge >= 0.3 is 0 Å². The molecule has 1 aromatic carbocycles. The van der Waals surface area contributed by atoms with E-state index in [1.165, 1.54) is 0 Å². The Balaban J connectivity index is 1.64. The Labute approximate surface area is 98.4 Å². The summed E-state index contributed by atoms with van der Waals surface area (Å²) in [5.74, 6) is 1.62. The van der Waals surface area contributed by atoms with E-state index in [1.54, 1.807) is 6.21 Å². The lowest BCUT2D eigenvalue weighted by Gasteiger charge is -1.98. The van der Waals surface area contributed by atoms with E-state index in [2.05, 4.69) is 10.5 Å². The van der Waals surface area contributed by atoms with Crippen LogP contribution in [0.1, 0.15) is 18.4 Å². The van der Waals surface area contributed by atoms with Gasteiger partial charge in [-0.25, -0.2) is 5.43 Å². The Morgan fingerprint density at radius 2 is 2.18 bits per heavy atom. The highest BCUT2D eigenvalue weighted by atomic mass is 16.7. The van der Waals surface area contributed by atoms with Crippen LogP contribution in [0, 0.1) is 5.92 Å². The standard InChI is InChI=1S/C12H12N2O3/c15-12(9-2-3-9)14-13-6-8-1-4-10-11(5-8)17-7-16-10/h1,4-6,9H,2-3,7H2,(H,14,15). The number of fused-ring (bicyclic) bond motifs is 1. The van der Waals surface area contributed by atoms with Crippen LogP contribution in [0.4, 0.5) is 0 Å². The number of nitrogens with zero attached hydrogens (tertiary/aromatic N) is 1. The number of carbonyl (C=O) groups is 1. The van der Waals surface area contributed by atoms with Crippen LogP contribution in [0.3, 0.4) is 0 Å². The summed E-state index contributed by atoms with van der Waals surface area (Å²) < 4.78 is 10.4. The highest BCUT2D eigenvalue weighted by molar-refractivity contribution is 5.84. The Hall–Kier alpha value is -2.04. The van der Waals surface area contributed by atoms with Gasteiger partial charge in [0.15, 0.2) is 11.5 Å². The number of benzene rings is 1. The van der Waals surface area contributed by atoms with Crippen molar-refractivity contribution in [1.29, 1.82) is 0 Å². The third-order valence-electron chi connectivity index (χ3n) is 2.73. The largest absolute Gasteiger partial charge is 0.454 e. The van der Waals surface area contributed by atoms with Crippen LogP contribution in [-0.2, 0) is 4.79 Å². The maximum Gasteiger partial charge on any atom is 0.243 e. The molecule has 5 nitrogen and oxygen atoms in total. The molecule has 0 atom stereocenters. The van der Waals surface area contributed by atoms with E-state index < -0.39 is 0 Å². The lowest BCUT2D eigenvalue weighted by atomic mass is 10.2. The zero-order valence-corrected chi connectivity index (χ0v) is 9.18. The molecule has 1 aromatic rings. The predicted octanol–water partition coefficient (Wildman–Crippen LogP) is 1.28. The van der Waals surface area contributed by atoms with Gasteiger partial charge < -0.3 is 9.47 Å². The summed E-state index contributed by atoms with van der Waals surface area (Å²) in [5, 5.41) is 3.91. The molecular weight excluding hydrogens is 220 g/mol. The van der Waals surface area contributed by atoms with Crippen LogP contribution in [0.25, 0.3) is 0 Å². The fourth-order valence-corrected chi connectivity index (χ4v) is 1.60. The number of nitrogens with one attached hydrogen (secondary N) is 1. The second-order valence-corrected chi connectivity index (χ2v) is 4.12. The number of hydrazone groups is 1. The lowest BCUT2D eigenvalue weighted by Crippen LogP contribution is -2.18. The molecule has 0 saturated heterocycles. The molecule has 2 aliphatic rings. The van der Waals surface area contributed by atoms with Crippen molar-refractivity contribution in [2.24, 2.45) is 11.0 Å². The summed E-state index contributed by atoms with van der Waals surface area (Å²) in [4.78, 5) is 11.3. The fourth-order valence-electron chi connectivity index (χ4n) is 1.60. The molecule has 0 unspecified atom stereocenters. The van der Waals surface area contributed by atoms with Crippen molar-refractivity contribution in [2.75, 3.05) is 6.79 Å². The van der Waals surface area contributed by atoms with E-state index in [9.17, 15) is 4.79 Å². The summed E-state index contributed by atoms with van der Waals surface area (Å²) in [6, 6.07) is 5.52. The van der Waals surface area contributed by atoms with E-state index in [-0.39, 0.29) is 18.6 Å². The number of amides is 1. The van der Waals surface area contributed by atoms with Crippen LogP contribution < -0.4 is 14.9 Å². The van der Waals surface area contributed by atoms with Crippen molar-refractivity contribution in [1.82, 2.24) is 5.43 Å². The Morgan fingerprint density at radius 1 is 1.35 bits per heavy atom. The molecule has 88 valence electrons. The van der Waals surface area contributed by atoms with Gasteiger partial charge in [-0.05, 0) is 36.6 Å². The molecular formula is C12H12N2O3. The second-order valence-electron chi connectivity index (χ2n) is 4.12. The molecule has 3 rings (SSSR count). The maximum atomic E-state index is 11.3. The van der Waals surface area contributed by atoms with Crippen LogP contribution in [0.5, 0.6) is 11.5 Å². The molecule has 17 heavy (non-hydrogen) atoms. The monoisotopic (exact) mass is 232 g/mol. The quantitative estimate of drug-likeness (QED) is 0.630. The highest BCUT2D eigenvalue weighted by Gasteiger charge is 2.29. The molecule has 1 saturated carbocycles. The third kappa shape index (κ3) is 2.22. The zero-order chi connectivity index (χ0) is 11.7. The van der Waals surface area contributed by atoms with Gasteiger partial charge in [-0.15, -0.1) is 0 Å². The van der Waals surface area contributed by atoms with Gasteiger partial charge in [-0.3, -0.25) is 4.79 Å². The van der Waals surface area contributed by atoms with Crippen molar-refractivity contribution in [3.8, 4) is 11.5 Å². The topological polar surface area (TPSA) is 59.9 Å². The van der Waals surface area contributed by atoms with Crippen LogP contribution in [-0.4, -0.2) is 18.9 Å². The number of carbonyl (C=O) groups excluding carboxylic acids is 1. The molecule has 1 amide bonds. The molecule has 0 bridgehead atoms. The molecule has 1 N–H and O–H groups in total. The Bertz CT molecular complexity index is 481. The molecule has 1 aliphatic carbocycles. The van der Waals surface area contributed by atoms with Crippen molar-refractivity contribution in [3.05, 3.63) is 23.8 Å². The van der Waals surface area contributed by atoms with E-state index in [1.807, 2.05) is 18.2 Å². The summed E-state index contributed by atoms with van der Waals surface area (Å²) in [6.07, 6.45) is 3.55. The van der Waals surface area contributed by atoms with Crippen molar-refractivity contribution >= 4 is 12.1 Å². The fraction of sp³-hybridized carbons (Fsp3) is 0.333. The van der Waals surface area contributed by atoms with Gasteiger partial charge in [-0.1, -0.05) is 0 Å². The van der Waals surface area contributed by atoms with Gasteiger partial charge in [0.05, 0.1) is 6.21 Å². The SMILES string of the molecule is O=C(NN=Cc1ccc2c(c1)OCO2)C1CC1. The minimum Gasteiger partial charge on any atom is -0.454 e. The van der Waals surface area contributed by atoms with E-state index >= 15 is 0 Å². The molecule has 5 heteroatoms. The Morgan fingerprint density at radius 3 is 3.00 bits per heavy atom. The number of rotatable bonds is 3. The van der Waals surface area contributed by atoms with Gasteiger partial charge in [0.2, 0.25) is 12.7 Å². The first-order valence-electron chi connectivity index (χ1n) is 5.55. The molecule has 0 spiro atoms. The van der Waals surface area contributed by atoms with Crippen LogP contribution >= 0.6 is 0 Å². The normalized spacial score (nSPS) is 17.4. The maximum absolute atomic E-state index is 11.3. The van der Waals surface area contributed by atoms with Gasteiger partial charge in [-0.2, -0.15) is 5.10 Å². The van der Waals surface area contributed by atoms with Gasteiger partial charge in [0.1, 0.15) is 0 Å². The average Bonchev–Trinajstić information content (AvgIpc) is 3.08. The average molecular weight is 232 g/mol. The molecule has 0 aromatic heterocycles. The zero-order valence-electron chi connectivity index (χ0n) is 9.18. The molecule has 1 fully saturated rings. The summed E-state index contributed by atoms with van der Waals surface area (Å²) in [5.41, 5.74) is 3.39. The molecule has 1 aliphatic heterocycles. The highest BCUT2D eigenvalue weighted by Crippen LogP contribution is 2.32. The van der Waals surface area contributed by atoms with E-state index in [0.29, 0.717) is 5.75 Å². The smallest absolute Gasteiger partial charge is 0.243 e. The van der Waals surface area contributed by atoms with E-state index in [0.717, 1.165) is 24.2 Å². The van der Waals surface area contributed by atoms with E-state index in [4.69, 9.17) is 9.47 Å². The Kier molecular flexibility index (Phi) is 2.44. The number of hydrogen-bond acceptors (Lipinski definition) is 4. The van der Waals surface area contributed by atoms with Gasteiger partial charge in [0.25, 0.3) is 0 Å². The van der Waals surface area contributed by atoms with Crippen molar-refractivity contribution in [2.45, 2.75) is 12.8 Å². The van der Waals surface area contributed by atoms with Gasteiger partial charge in [0, 0.05) is 5.92 Å². The molecule has 0 radical (unpaired) electrons. The van der Waals surface area contributed by atoms with Crippen molar-refractivity contribution in [3.63, 3.8) is 0 Å². The van der Waals surface area contributed by atoms with Crippen LogP contribution in [0.2, 0.25) is 0 Å². The van der Waals surface area contributed by atoms with Crippen LogP contribution in [0.15, 0.2) is 23.3 Å². The summed E-state index contributed by atoms with van der Waals surface area (Å²) in [6.45, 7) is 0.258. The van der Waals surface area contributed by atoms with Crippen molar-refractivity contribution < 1.29 is 14.3 Å². The first kappa shape index (κ1) is 10.1. The lowest BCUT2D eigenvalue weighted by molar-refractivity contribution is -0.122. The first-order valence-corrected chi connectivity index (χ1v) is 5.55.